The molecule has 2 fully saturated rings. The maximum absolute atomic E-state index is 13.0. The Kier molecular flexibility index (Phi) is 4.11. The summed E-state index contributed by atoms with van der Waals surface area (Å²) in [6.07, 6.45) is 5.03. The third-order valence-corrected chi connectivity index (χ3v) is 7.46. The molecular weight excluding hydrogens is 354 g/mol. The van der Waals surface area contributed by atoms with E-state index in [1.54, 1.807) is 4.68 Å². The summed E-state index contributed by atoms with van der Waals surface area (Å²) in [4.78, 5) is 11.9. The van der Waals surface area contributed by atoms with Crippen LogP contribution in [0.15, 0.2) is 47.6 Å². The molecule has 0 unspecified atom stereocenters. The summed E-state index contributed by atoms with van der Waals surface area (Å²) >= 11 is 0. The van der Waals surface area contributed by atoms with Gasteiger partial charge >= 0.3 is 5.97 Å². The highest BCUT2D eigenvalue weighted by atomic mass is 32.2. The fourth-order valence-corrected chi connectivity index (χ4v) is 5.77. The molecule has 0 radical (unpaired) electrons. The van der Waals surface area contributed by atoms with Crippen molar-refractivity contribution in [3.63, 3.8) is 0 Å². The summed E-state index contributed by atoms with van der Waals surface area (Å²) in [5.74, 6) is -0.980. The summed E-state index contributed by atoms with van der Waals surface area (Å²) in [6, 6.07) is 9.67. The average Bonchev–Trinajstić information content (AvgIpc) is 3.29. The van der Waals surface area contributed by atoms with Crippen molar-refractivity contribution in [1.82, 2.24) is 14.1 Å². The first-order valence-electron chi connectivity index (χ1n) is 8.72. The summed E-state index contributed by atoms with van der Waals surface area (Å²) in [5, 5.41) is 13.8. The molecule has 2 aliphatic rings. The minimum Gasteiger partial charge on any atom is -0.481 e. The lowest BCUT2D eigenvalue weighted by Crippen LogP contribution is -2.37. The van der Waals surface area contributed by atoms with E-state index in [1.807, 2.05) is 30.3 Å². The van der Waals surface area contributed by atoms with Crippen LogP contribution in [0.4, 0.5) is 0 Å². The minimum atomic E-state index is -3.74. The van der Waals surface area contributed by atoms with Gasteiger partial charge in [0.1, 0.15) is 4.90 Å². The third-order valence-electron chi connectivity index (χ3n) is 5.70. The SMILES string of the molecule is O=C(O)[C@@]12CCC[C@H]1CN(S(=O)(=O)c1cnn(Cc3ccccc3)c1)C2. The number of aromatic nitrogens is 2. The molecule has 1 aromatic carbocycles. The van der Waals surface area contributed by atoms with Gasteiger partial charge in [-0.3, -0.25) is 9.48 Å². The van der Waals surface area contributed by atoms with Gasteiger partial charge in [-0.2, -0.15) is 9.40 Å². The zero-order chi connectivity index (χ0) is 18.4. The van der Waals surface area contributed by atoms with Crippen molar-refractivity contribution in [3.8, 4) is 0 Å². The van der Waals surface area contributed by atoms with Crippen LogP contribution in [-0.4, -0.2) is 46.7 Å². The van der Waals surface area contributed by atoms with Gasteiger partial charge in [-0.1, -0.05) is 36.8 Å². The molecule has 0 amide bonds. The molecule has 4 rings (SSSR count). The Morgan fingerprint density at radius 3 is 2.77 bits per heavy atom. The van der Waals surface area contributed by atoms with Crippen LogP contribution in [-0.2, 0) is 21.4 Å². The van der Waals surface area contributed by atoms with E-state index in [0.29, 0.717) is 13.0 Å². The Morgan fingerprint density at radius 1 is 1.31 bits per heavy atom. The first-order valence-corrected chi connectivity index (χ1v) is 10.2. The molecule has 138 valence electrons. The van der Waals surface area contributed by atoms with Gasteiger partial charge in [0.05, 0.1) is 18.2 Å². The van der Waals surface area contributed by atoms with Crippen LogP contribution in [0.2, 0.25) is 0 Å². The second-order valence-corrected chi connectivity index (χ2v) is 9.15. The Bertz CT molecular complexity index is 925. The summed E-state index contributed by atoms with van der Waals surface area (Å²) < 4.78 is 28.9. The van der Waals surface area contributed by atoms with Crippen LogP contribution in [0.1, 0.15) is 24.8 Å². The fourth-order valence-electron chi connectivity index (χ4n) is 4.26. The van der Waals surface area contributed by atoms with Gasteiger partial charge in [0.15, 0.2) is 0 Å². The molecule has 26 heavy (non-hydrogen) atoms. The van der Waals surface area contributed by atoms with E-state index in [2.05, 4.69) is 5.10 Å². The molecule has 1 aliphatic carbocycles. The number of aliphatic carboxylic acids is 1. The number of fused-ring (bicyclic) bond motifs is 1. The molecule has 1 saturated carbocycles. The Hall–Kier alpha value is -2.19. The van der Waals surface area contributed by atoms with Crippen LogP contribution in [0, 0.1) is 11.3 Å². The zero-order valence-electron chi connectivity index (χ0n) is 14.3. The number of rotatable bonds is 5. The maximum atomic E-state index is 13.0. The topological polar surface area (TPSA) is 92.5 Å². The summed E-state index contributed by atoms with van der Waals surface area (Å²) in [7, 11) is -3.74. The van der Waals surface area contributed by atoms with E-state index < -0.39 is 21.4 Å². The molecule has 2 heterocycles. The highest BCUT2D eigenvalue weighted by Gasteiger charge is 2.57. The molecule has 1 saturated heterocycles. The fraction of sp³-hybridized carbons (Fsp3) is 0.444. The Labute approximate surface area is 152 Å². The number of nitrogens with zero attached hydrogens (tertiary/aromatic N) is 3. The number of carboxylic acids is 1. The predicted octanol–water partition coefficient (Wildman–Crippen LogP) is 1.81. The van der Waals surface area contributed by atoms with Gasteiger partial charge in [-0.15, -0.1) is 0 Å². The monoisotopic (exact) mass is 375 g/mol. The van der Waals surface area contributed by atoms with Gasteiger partial charge in [0.25, 0.3) is 0 Å². The van der Waals surface area contributed by atoms with Gasteiger partial charge in [0, 0.05) is 19.3 Å². The van der Waals surface area contributed by atoms with Crippen molar-refractivity contribution >= 4 is 16.0 Å². The molecule has 0 bridgehead atoms. The molecule has 1 N–H and O–H groups in total. The van der Waals surface area contributed by atoms with E-state index in [4.69, 9.17) is 0 Å². The smallest absolute Gasteiger partial charge is 0.311 e. The van der Waals surface area contributed by atoms with Crippen molar-refractivity contribution < 1.29 is 18.3 Å². The number of hydrogen-bond donors (Lipinski definition) is 1. The zero-order valence-corrected chi connectivity index (χ0v) is 15.1. The molecule has 7 nitrogen and oxygen atoms in total. The van der Waals surface area contributed by atoms with Crippen LogP contribution in [0.3, 0.4) is 0 Å². The van der Waals surface area contributed by atoms with Crippen LogP contribution < -0.4 is 0 Å². The molecule has 2 atom stereocenters. The number of benzene rings is 1. The predicted molar refractivity (Wildman–Crippen MR) is 93.9 cm³/mol. The largest absolute Gasteiger partial charge is 0.481 e. The quantitative estimate of drug-likeness (QED) is 0.860. The number of hydrogen-bond acceptors (Lipinski definition) is 4. The Morgan fingerprint density at radius 2 is 2.08 bits per heavy atom. The standard InChI is InChI=1S/C18H21N3O4S/c22-17(23)18-8-4-7-15(18)11-21(13-18)26(24,25)16-9-19-20(12-16)10-14-5-2-1-3-6-14/h1-3,5-6,9,12,15H,4,7-8,10-11,13H2,(H,22,23)/t15-,18+/m0/s1. The summed E-state index contributed by atoms with van der Waals surface area (Å²) in [5.41, 5.74) is 0.104. The van der Waals surface area contributed by atoms with Gasteiger partial charge in [0.2, 0.25) is 10.0 Å². The number of sulfonamides is 1. The van der Waals surface area contributed by atoms with E-state index in [0.717, 1.165) is 18.4 Å². The van der Waals surface area contributed by atoms with Crippen molar-refractivity contribution in [3.05, 3.63) is 48.3 Å². The molecule has 2 aromatic rings. The normalized spacial score (nSPS) is 26.1. The second kappa shape index (κ2) is 6.21. The first-order chi connectivity index (χ1) is 12.4. The van der Waals surface area contributed by atoms with Gasteiger partial charge < -0.3 is 5.11 Å². The first kappa shape index (κ1) is 17.2. The van der Waals surface area contributed by atoms with Crippen molar-refractivity contribution in [2.24, 2.45) is 11.3 Å². The molecular formula is C18H21N3O4S. The van der Waals surface area contributed by atoms with Crippen LogP contribution >= 0.6 is 0 Å². The molecule has 1 aliphatic heterocycles. The van der Waals surface area contributed by atoms with Crippen molar-refractivity contribution in [1.29, 1.82) is 0 Å². The van der Waals surface area contributed by atoms with Crippen LogP contribution in [0.5, 0.6) is 0 Å². The van der Waals surface area contributed by atoms with Gasteiger partial charge in [-0.05, 0) is 24.3 Å². The van der Waals surface area contributed by atoms with Gasteiger partial charge in [-0.25, -0.2) is 8.42 Å². The highest BCUT2D eigenvalue weighted by Crippen LogP contribution is 2.50. The Balaban J connectivity index is 1.56. The lowest BCUT2D eigenvalue weighted by atomic mass is 9.81. The van der Waals surface area contributed by atoms with E-state index >= 15 is 0 Å². The molecule has 8 heteroatoms. The number of carbonyl (C=O) groups is 1. The highest BCUT2D eigenvalue weighted by molar-refractivity contribution is 7.89. The van der Waals surface area contributed by atoms with E-state index in [9.17, 15) is 18.3 Å². The second-order valence-electron chi connectivity index (χ2n) is 7.21. The molecule has 1 aromatic heterocycles. The lowest BCUT2D eigenvalue weighted by Gasteiger charge is -2.23. The molecule has 0 spiro atoms. The van der Waals surface area contributed by atoms with Crippen LogP contribution in [0.25, 0.3) is 0 Å². The summed E-state index contributed by atoms with van der Waals surface area (Å²) in [6.45, 7) is 0.815. The third kappa shape index (κ3) is 2.73. The average molecular weight is 375 g/mol. The minimum absolute atomic E-state index is 0.0548. The number of carboxylic acid groups (broad SMARTS) is 1. The van der Waals surface area contributed by atoms with Crippen molar-refractivity contribution in [2.75, 3.05) is 13.1 Å². The van der Waals surface area contributed by atoms with E-state index in [1.165, 1.54) is 16.7 Å². The van der Waals surface area contributed by atoms with Crippen molar-refractivity contribution in [2.45, 2.75) is 30.7 Å². The maximum Gasteiger partial charge on any atom is 0.311 e. The van der Waals surface area contributed by atoms with E-state index in [-0.39, 0.29) is 23.9 Å². The lowest BCUT2D eigenvalue weighted by molar-refractivity contribution is -0.149.